The highest BCUT2D eigenvalue weighted by atomic mass is 79.9. The van der Waals surface area contributed by atoms with Gasteiger partial charge in [0, 0.05) is 0 Å². The summed E-state index contributed by atoms with van der Waals surface area (Å²) < 4.78 is 1.10. The number of benzene rings is 1. The fourth-order valence-electron chi connectivity index (χ4n) is 1.96. The van der Waals surface area contributed by atoms with Crippen molar-refractivity contribution < 1.29 is 0 Å². The average molecular weight is 293 g/mol. The van der Waals surface area contributed by atoms with E-state index in [1.54, 1.807) is 0 Å². The van der Waals surface area contributed by atoms with Crippen LogP contribution in [-0.4, -0.2) is 19.6 Å². The highest BCUT2D eigenvalue weighted by Gasteiger charge is 2.23. The molecule has 1 aromatic carbocycles. The van der Waals surface area contributed by atoms with Gasteiger partial charge in [-0.15, -0.1) is 17.0 Å². The summed E-state index contributed by atoms with van der Waals surface area (Å²) in [5, 5.41) is 0. The molecule has 0 aromatic heterocycles. The summed E-state index contributed by atoms with van der Waals surface area (Å²) in [7, 11) is 0. The molecule has 0 fully saturated rings. The summed E-state index contributed by atoms with van der Waals surface area (Å²) >= 11 is 0. The third-order valence-corrected chi connectivity index (χ3v) is 3.12. The Kier molecular flexibility index (Phi) is 9.63. The zero-order valence-corrected chi connectivity index (χ0v) is 13.2. The molecule has 0 aliphatic rings. The van der Waals surface area contributed by atoms with Gasteiger partial charge >= 0.3 is 0 Å². The number of rotatable bonds is 4. The van der Waals surface area contributed by atoms with Crippen molar-refractivity contribution in [2.24, 2.45) is 0 Å². The molecule has 0 saturated carbocycles. The molecule has 0 aliphatic carbocycles. The van der Waals surface area contributed by atoms with Crippen LogP contribution < -0.4 is 4.48 Å². The molecule has 1 aromatic rings. The van der Waals surface area contributed by atoms with Crippen LogP contribution in [0.1, 0.15) is 20.8 Å². The molecule has 0 heterocycles. The van der Waals surface area contributed by atoms with Crippen LogP contribution in [0.15, 0.2) is 30.3 Å². The molecule has 0 aliphatic heterocycles. The van der Waals surface area contributed by atoms with Gasteiger partial charge in [0.25, 0.3) is 0 Å². The number of halogens is 1. The van der Waals surface area contributed by atoms with E-state index in [1.165, 1.54) is 25.3 Å². The van der Waals surface area contributed by atoms with Crippen LogP contribution in [0.3, 0.4) is 0 Å². The summed E-state index contributed by atoms with van der Waals surface area (Å²) in [5.74, 6) is 0. The standard InChI is InChI=1S/C12H20N.BrH.H3P/c1-4-13(5-2,6-3)12-10-8-7-9-11-12;;/h7-11H,4-6H2,1-3H3;1H;1H3/q+1;;. The first-order valence-electron chi connectivity index (χ1n) is 5.20. The molecular formula is C12H24BrNP+. The van der Waals surface area contributed by atoms with Crippen LogP contribution in [0.4, 0.5) is 5.69 Å². The van der Waals surface area contributed by atoms with Crippen molar-refractivity contribution in [3.8, 4) is 0 Å². The van der Waals surface area contributed by atoms with E-state index in [9.17, 15) is 0 Å². The van der Waals surface area contributed by atoms with Crippen LogP contribution in [0, 0.1) is 0 Å². The van der Waals surface area contributed by atoms with Gasteiger partial charge < -0.3 is 0 Å². The molecule has 15 heavy (non-hydrogen) atoms. The van der Waals surface area contributed by atoms with Crippen molar-refractivity contribution in [2.45, 2.75) is 20.8 Å². The van der Waals surface area contributed by atoms with Crippen molar-refractivity contribution in [3.05, 3.63) is 30.3 Å². The maximum Gasteiger partial charge on any atom is 0.132 e. The second-order valence-electron chi connectivity index (χ2n) is 3.43. The summed E-state index contributed by atoms with van der Waals surface area (Å²) in [6, 6.07) is 10.8. The summed E-state index contributed by atoms with van der Waals surface area (Å²) in [6.07, 6.45) is 0. The van der Waals surface area contributed by atoms with E-state index in [4.69, 9.17) is 0 Å². The Morgan fingerprint density at radius 3 is 1.60 bits per heavy atom. The van der Waals surface area contributed by atoms with Crippen molar-refractivity contribution in [1.82, 2.24) is 4.48 Å². The lowest BCUT2D eigenvalue weighted by Gasteiger charge is -2.35. The van der Waals surface area contributed by atoms with Gasteiger partial charge in [-0.1, -0.05) is 18.2 Å². The van der Waals surface area contributed by atoms with Gasteiger partial charge in [-0.25, -0.2) is 0 Å². The van der Waals surface area contributed by atoms with Crippen LogP contribution >= 0.6 is 26.9 Å². The molecule has 0 saturated heterocycles. The molecular weight excluding hydrogens is 269 g/mol. The van der Waals surface area contributed by atoms with E-state index < -0.39 is 0 Å². The maximum absolute atomic E-state index is 2.26. The predicted molar refractivity (Wildman–Crippen MR) is 81.3 cm³/mol. The number of nitrogens with zero attached hydrogens (tertiary/aromatic N) is 1. The summed E-state index contributed by atoms with van der Waals surface area (Å²) in [6.45, 7) is 10.3. The SMILES string of the molecule is Br.CC[N+](CC)(CC)c1ccccc1.P. The third kappa shape index (κ3) is 3.86. The summed E-state index contributed by atoms with van der Waals surface area (Å²) in [5.41, 5.74) is 1.44. The maximum atomic E-state index is 2.26. The normalized spacial score (nSPS) is 10.1. The van der Waals surface area contributed by atoms with Crippen molar-refractivity contribution in [3.63, 3.8) is 0 Å². The van der Waals surface area contributed by atoms with Gasteiger partial charge in [0.1, 0.15) is 5.69 Å². The molecule has 0 bridgehead atoms. The monoisotopic (exact) mass is 292 g/mol. The minimum Gasteiger partial charge on any atom is -0.292 e. The predicted octanol–water partition coefficient (Wildman–Crippen LogP) is 3.69. The number of para-hydroxylation sites is 1. The van der Waals surface area contributed by atoms with Crippen LogP contribution in [0.25, 0.3) is 0 Å². The topological polar surface area (TPSA) is 0 Å². The first-order valence-corrected chi connectivity index (χ1v) is 5.20. The summed E-state index contributed by atoms with van der Waals surface area (Å²) in [4.78, 5) is 0. The molecule has 0 radical (unpaired) electrons. The molecule has 3 heteroatoms. The first kappa shape index (κ1) is 17.5. The van der Waals surface area contributed by atoms with Crippen LogP contribution in [-0.2, 0) is 0 Å². The van der Waals surface area contributed by atoms with E-state index >= 15 is 0 Å². The van der Waals surface area contributed by atoms with Gasteiger partial charge in [-0.2, -0.15) is 9.90 Å². The van der Waals surface area contributed by atoms with Gasteiger partial charge in [-0.05, 0) is 32.9 Å². The molecule has 1 rings (SSSR count). The van der Waals surface area contributed by atoms with Gasteiger partial charge in [0.15, 0.2) is 0 Å². The van der Waals surface area contributed by atoms with E-state index in [1.807, 2.05) is 0 Å². The van der Waals surface area contributed by atoms with E-state index in [-0.39, 0.29) is 26.9 Å². The smallest absolute Gasteiger partial charge is 0.132 e. The van der Waals surface area contributed by atoms with Crippen molar-refractivity contribution in [2.75, 3.05) is 19.6 Å². The number of quaternary nitrogens is 1. The first-order chi connectivity index (χ1) is 6.29. The van der Waals surface area contributed by atoms with Crippen LogP contribution in [0.2, 0.25) is 0 Å². The Hall–Kier alpha value is 0.0900. The quantitative estimate of drug-likeness (QED) is 0.586. The van der Waals surface area contributed by atoms with E-state index in [2.05, 4.69) is 51.1 Å². The lowest BCUT2D eigenvalue weighted by molar-refractivity contribution is 0.316. The highest BCUT2D eigenvalue weighted by Crippen LogP contribution is 2.21. The molecule has 88 valence electrons. The molecule has 0 spiro atoms. The van der Waals surface area contributed by atoms with Gasteiger partial charge in [0.2, 0.25) is 0 Å². The van der Waals surface area contributed by atoms with Gasteiger partial charge in [0.05, 0.1) is 19.6 Å². The fraction of sp³-hybridized carbons (Fsp3) is 0.500. The zero-order valence-electron chi connectivity index (χ0n) is 10.1. The second kappa shape index (κ2) is 8.27. The van der Waals surface area contributed by atoms with E-state index in [0.717, 1.165) is 4.48 Å². The molecule has 1 nitrogen and oxygen atoms in total. The lowest BCUT2D eigenvalue weighted by atomic mass is 10.2. The third-order valence-electron chi connectivity index (χ3n) is 3.12. The fourth-order valence-corrected chi connectivity index (χ4v) is 1.96. The Balaban J connectivity index is 0. The molecule has 1 unspecified atom stereocenters. The molecule has 1 atom stereocenters. The van der Waals surface area contributed by atoms with Gasteiger partial charge in [-0.3, -0.25) is 4.48 Å². The van der Waals surface area contributed by atoms with Crippen molar-refractivity contribution in [1.29, 1.82) is 0 Å². The lowest BCUT2D eigenvalue weighted by Crippen LogP contribution is -2.48. The largest absolute Gasteiger partial charge is 0.292 e. The number of hydrogen-bond acceptors (Lipinski definition) is 0. The molecule has 0 N–H and O–H groups in total. The second-order valence-corrected chi connectivity index (χ2v) is 3.43. The Bertz CT molecular complexity index is 239. The average Bonchev–Trinajstić information content (AvgIpc) is 2.23. The minimum atomic E-state index is 0. The van der Waals surface area contributed by atoms with Crippen molar-refractivity contribution >= 4 is 32.6 Å². The number of hydrogen-bond donors (Lipinski definition) is 0. The zero-order chi connectivity index (χ0) is 9.73. The van der Waals surface area contributed by atoms with E-state index in [0.29, 0.717) is 0 Å². The van der Waals surface area contributed by atoms with Crippen LogP contribution in [0.5, 0.6) is 0 Å². The Morgan fingerprint density at radius 2 is 1.27 bits per heavy atom. The Morgan fingerprint density at radius 1 is 0.867 bits per heavy atom. The Labute approximate surface area is 108 Å². The highest BCUT2D eigenvalue weighted by molar-refractivity contribution is 8.93. The minimum absolute atomic E-state index is 0. The molecule has 0 amide bonds.